The van der Waals surface area contributed by atoms with E-state index in [1.807, 2.05) is 24.3 Å². The van der Waals surface area contributed by atoms with Gasteiger partial charge in [0.2, 0.25) is 0 Å². The minimum atomic E-state index is 0.715. The molecule has 3 heterocycles. The Bertz CT molecular complexity index is 3060. The average Bonchev–Trinajstić information content (AvgIpc) is 3.79. The van der Waals surface area contributed by atoms with E-state index in [4.69, 9.17) is 9.97 Å². The lowest BCUT2D eigenvalue weighted by molar-refractivity contribution is 0.889. The summed E-state index contributed by atoms with van der Waals surface area (Å²) in [6.45, 7) is 0. The zero-order chi connectivity index (χ0) is 37.0. The number of fused-ring (bicyclic) bond motifs is 6. The van der Waals surface area contributed by atoms with Gasteiger partial charge in [0.1, 0.15) is 0 Å². The summed E-state index contributed by atoms with van der Waals surface area (Å²) in [5.74, 6) is 0.715. The van der Waals surface area contributed by atoms with E-state index >= 15 is 0 Å². The minimum Gasteiger partial charge on any atom is -0.312 e. The van der Waals surface area contributed by atoms with E-state index in [1.54, 1.807) is 0 Å². The van der Waals surface area contributed by atoms with Crippen molar-refractivity contribution in [2.24, 2.45) is 0 Å². The summed E-state index contributed by atoms with van der Waals surface area (Å²) in [6.07, 6.45) is 6.61. The van der Waals surface area contributed by atoms with Crippen molar-refractivity contribution in [2.45, 2.75) is 12.8 Å². The Morgan fingerprint density at radius 2 is 1.07 bits per heavy atom. The molecule has 0 aliphatic heterocycles. The first-order chi connectivity index (χ1) is 27.8. The van der Waals surface area contributed by atoms with E-state index in [9.17, 15) is 0 Å². The van der Waals surface area contributed by atoms with Crippen LogP contribution in [0.15, 0.2) is 188 Å². The molecule has 3 aromatic heterocycles. The summed E-state index contributed by atoms with van der Waals surface area (Å²) in [5.41, 5.74) is 15.8. The molecule has 0 atom stereocenters. The second-order valence-electron chi connectivity index (χ2n) is 14.5. The fraction of sp³-hybridized carbons (Fsp3) is 0.0385. The van der Waals surface area contributed by atoms with E-state index in [2.05, 4.69) is 179 Å². The van der Waals surface area contributed by atoms with E-state index in [0.717, 1.165) is 52.3 Å². The number of allylic oxidation sites excluding steroid dienone is 1. The molecule has 10 aromatic rings. The summed E-state index contributed by atoms with van der Waals surface area (Å²) in [7, 11) is 0. The first-order valence-corrected chi connectivity index (χ1v) is 19.3. The Morgan fingerprint density at radius 1 is 0.429 bits per heavy atom. The highest BCUT2D eigenvalue weighted by Gasteiger charge is 2.23. The summed E-state index contributed by atoms with van der Waals surface area (Å²) >= 11 is 0. The number of benzene rings is 7. The lowest BCUT2D eigenvalue weighted by atomic mass is 9.98. The van der Waals surface area contributed by atoms with Crippen LogP contribution in [0.2, 0.25) is 0 Å². The number of nitrogens with zero attached hydrogens (tertiary/aromatic N) is 4. The quantitative estimate of drug-likeness (QED) is 0.172. The normalized spacial score (nSPS) is 12.4. The molecule has 264 valence electrons. The van der Waals surface area contributed by atoms with Crippen molar-refractivity contribution in [3.8, 4) is 56.4 Å². The van der Waals surface area contributed by atoms with Crippen molar-refractivity contribution in [3.63, 3.8) is 0 Å². The van der Waals surface area contributed by atoms with Gasteiger partial charge in [0.15, 0.2) is 5.82 Å². The molecule has 0 unspecified atom stereocenters. The molecular weight excluding hydrogens is 681 g/mol. The van der Waals surface area contributed by atoms with Gasteiger partial charge in [0.25, 0.3) is 0 Å². The summed E-state index contributed by atoms with van der Waals surface area (Å²) in [6, 6.07) is 64.9. The number of hydrogen-bond donors (Lipinski definition) is 0. The molecule has 0 spiro atoms. The van der Waals surface area contributed by atoms with E-state index in [1.165, 1.54) is 55.1 Å². The molecular formula is C52H36N4. The van der Waals surface area contributed by atoms with Crippen LogP contribution in [0.4, 0.5) is 0 Å². The maximum Gasteiger partial charge on any atom is 0.160 e. The van der Waals surface area contributed by atoms with Crippen LogP contribution in [0.5, 0.6) is 0 Å². The molecule has 0 saturated carbocycles. The Balaban J connectivity index is 1.09. The summed E-state index contributed by atoms with van der Waals surface area (Å²) < 4.78 is 4.88. The Labute approximate surface area is 325 Å². The Hall–Kier alpha value is -7.30. The van der Waals surface area contributed by atoms with Crippen LogP contribution in [-0.4, -0.2) is 19.1 Å². The second-order valence-corrected chi connectivity index (χ2v) is 14.5. The van der Waals surface area contributed by atoms with Crippen molar-refractivity contribution >= 4 is 38.8 Å². The third kappa shape index (κ3) is 5.30. The Kier molecular flexibility index (Phi) is 7.59. The van der Waals surface area contributed by atoms with Crippen molar-refractivity contribution in [1.29, 1.82) is 0 Å². The van der Waals surface area contributed by atoms with Gasteiger partial charge in [0.05, 0.1) is 33.6 Å². The lowest BCUT2D eigenvalue weighted by Crippen LogP contribution is -2.05. The molecule has 4 heteroatoms. The number of rotatable bonds is 6. The van der Waals surface area contributed by atoms with Gasteiger partial charge in [-0.3, -0.25) is 0 Å². The first kappa shape index (κ1) is 32.2. The highest BCUT2D eigenvalue weighted by molar-refractivity contribution is 6.10. The molecule has 0 radical (unpaired) electrons. The monoisotopic (exact) mass is 716 g/mol. The summed E-state index contributed by atoms with van der Waals surface area (Å²) in [5, 5.41) is 3.77. The van der Waals surface area contributed by atoms with Gasteiger partial charge < -0.3 is 9.13 Å². The van der Waals surface area contributed by atoms with Gasteiger partial charge in [-0.2, -0.15) is 0 Å². The standard InChI is InChI=1S/C52H36N4/c1-4-16-35(17-5-1)45-34-46(54-52(53-45)36-18-6-2-7-19-36)43-24-12-15-27-49(43)56-48-26-14-11-23-41(48)44-32-37(29-31-50(44)56)38-28-30-42-40-22-10-13-25-47(40)55(51(42)33-38)39-20-8-3-9-21-39/h1-13,15-25,27-34H,14,26H2. The molecule has 0 saturated heterocycles. The summed E-state index contributed by atoms with van der Waals surface area (Å²) in [4.78, 5) is 10.3. The maximum atomic E-state index is 5.24. The van der Waals surface area contributed by atoms with Crippen molar-refractivity contribution in [1.82, 2.24) is 19.1 Å². The van der Waals surface area contributed by atoms with Crippen molar-refractivity contribution in [3.05, 3.63) is 199 Å². The van der Waals surface area contributed by atoms with Gasteiger partial charge in [-0.05, 0) is 72.5 Å². The first-order valence-electron chi connectivity index (χ1n) is 19.3. The predicted molar refractivity (Wildman–Crippen MR) is 232 cm³/mol. The van der Waals surface area contributed by atoms with E-state index < -0.39 is 0 Å². The van der Waals surface area contributed by atoms with E-state index in [0.29, 0.717) is 5.82 Å². The predicted octanol–water partition coefficient (Wildman–Crippen LogP) is 13.1. The van der Waals surface area contributed by atoms with Crippen LogP contribution in [-0.2, 0) is 6.42 Å². The smallest absolute Gasteiger partial charge is 0.160 e. The van der Waals surface area contributed by atoms with Crippen molar-refractivity contribution in [2.75, 3.05) is 0 Å². The topological polar surface area (TPSA) is 35.6 Å². The zero-order valence-corrected chi connectivity index (χ0v) is 30.7. The average molecular weight is 717 g/mol. The molecule has 4 nitrogen and oxygen atoms in total. The molecule has 0 fully saturated rings. The number of para-hydroxylation sites is 3. The largest absolute Gasteiger partial charge is 0.312 e. The number of hydrogen-bond acceptors (Lipinski definition) is 2. The van der Waals surface area contributed by atoms with Gasteiger partial charge in [0, 0.05) is 49.8 Å². The fourth-order valence-corrected chi connectivity index (χ4v) is 8.63. The highest BCUT2D eigenvalue weighted by atomic mass is 15.0. The van der Waals surface area contributed by atoms with Crippen molar-refractivity contribution < 1.29 is 0 Å². The van der Waals surface area contributed by atoms with Gasteiger partial charge in [-0.25, -0.2) is 9.97 Å². The maximum absolute atomic E-state index is 5.24. The SMILES string of the molecule is C1=Cc2c(n(-c3ccccc3-c3cc(-c4ccccc4)nc(-c4ccccc4)n3)c3ccc(-c4ccc5c6ccccc6n(-c6ccccc6)c5c4)cc23)CC1. The fourth-order valence-electron chi connectivity index (χ4n) is 8.63. The van der Waals surface area contributed by atoms with E-state index in [-0.39, 0.29) is 0 Å². The van der Waals surface area contributed by atoms with Crippen LogP contribution < -0.4 is 0 Å². The van der Waals surface area contributed by atoms with Gasteiger partial charge in [-0.15, -0.1) is 0 Å². The van der Waals surface area contributed by atoms with Crippen LogP contribution in [0, 0.1) is 0 Å². The molecule has 1 aliphatic carbocycles. The third-order valence-electron chi connectivity index (χ3n) is 11.2. The van der Waals surface area contributed by atoms with Gasteiger partial charge >= 0.3 is 0 Å². The molecule has 0 N–H and O–H groups in total. The minimum absolute atomic E-state index is 0.715. The molecule has 56 heavy (non-hydrogen) atoms. The van der Waals surface area contributed by atoms with Crippen LogP contribution in [0.25, 0.3) is 95.2 Å². The van der Waals surface area contributed by atoms with Gasteiger partial charge in [-0.1, -0.05) is 146 Å². The molecule has 0 amide bonds. The zero-order valence-electron chi connectivity index (χ0n) is 30.7. The third-order valence-corrected chi connectivity index (χ3v) is 11.2. The van der Waals surface area contributed by atoms with Crippen LogP contribution >= 0.6 is 0 Å². The lowest BCUT2D eigenvalue weighted by Gasteiger charge is -2.18. The highest BCUT2D eigenvalue weighted by Crippen LogP contribution is 2.41. The second kappa shape index (κ2) is 13.2. The van der Waals surface area contributed by atoms with Crippen LogP contribution in [0.3, 0.4) is 0 Å². The van der Waals surface area contributed by atoms with Crippen LogP contribution in [0.1, 0.15) is 17.7 Å². The molecule has 11 rings (SSSR count). The molecule has 7 aromatic carbocycles. The molecule has 0 bridgehead atoms. The molecule has 1 aliphatic rings. The number of aromatic nitrogens is 4. The Morgan fingerprint density at radius 3 is 1.91 bits per heavy atom.